The SMILES string of the molecule is CC(C)(C)OC(=O)n1cc(C2CC3Oc4ccccc4C(=O)C3=CO2)c2cc(Br)ccc21. The molecule has 7 heteroatoms. The summed E-state index contributed by atoms with van der Waals surface area (Å²) >= 11 is 3.52. The van der Waals surface area contributed by atoms with Gasteiger partial charge in [-0.2, -0.15) is 0 Å². The Morgan fingerprint density at radius 1 is 1.16 bits per heavy atom. The lowest BCUT2D eigenvalue weighted by Crippen LogP contribution is -2.34. The van der Waals surface area contributed by atoms with Gasteiger partial charge in [-0.05, 0) is 51.1 Å². The molecule has 0 saturated carbocycles. The summed E-state index contributed by atoms with van der Waals surface area (Å²) in [5.41, 5.74) is 1.99. The zero-order valence-corrected chi connectivity index (χ0v) is 19.5. The highest BCUT2D eigenvalue weighted by atomic mass is 79.9. The van der Waals surface area contributed by atoms with Crippen molar-refractivity contribution < 1.29 is 23.8 Å². The maximum absolute atomic E-state index is 12.9. The van der Waals surface area contributed by atoms with Gasteiger partial charge in [0.25, 0.3) is 0 Å². The molecule has 0 amide bonds. The number of para-hydroxylation sites is 1. The molecular formula is C25H22BrNO5. The van der Waals surface area contributed by atoms with Gasteiger partial charge < -0.3 is 14.2 Å². The number of ketones is 1. The third-order valence-corrected chi connectivity index (χ3v) is 6.03. The molecule has 32 heavy (non-hydrogen) atoms. The maximum atomic E-state index is 12.9. The molecule has 0 saturated heterocycles. The number of aromatic nitrogens is 1. The van der Waals surface area contributed by atoms with Crippen molar-refractivity contribution >= 4 is 38.7 Å². The molecule has 1 aromatic heterocycles. The molecule has 2 atom stereocenters. The molecular weight excluding hydrogens is 474 g/mol. The van der Waals surface area contributed by atoms with Crippen LogP contribution in [0.2, 0.25) is 0 Å². The van der Waals surface area contributed by atoms with E-state index < -0.39 is 17.8 Å². The second-order valence-electron chi connectivity index (χ2n) is 8.96. The summed E-state index contributed by atoms with van der Waals surface area (Å²) in [6.45, 7) is 5.50. The van der Waals surface area contributed by atoms with Gasteiger partial charge in [0, 0.05) is 28.0 Å². The highest BCUT2D eigenvalue weighted by molar-refractivity contribution is 9.10. The van der Waals surface area contributed by atoms with Gasteiger partial charge in [-0.3, -0.25) is 9.36 Å². The van der Waals surface area contributed by atoms with Gasteiger partial charge >= 0.3 is 6.09 Å². The van der Waals surface area contributed by atoms with E-state index in [0.29, 0.717) is 23.3 Å². The Bertz CT molecular complexity index is 1280. The molecule has 0 bridgehead atoms. The van der Waals surface area contributed by atoms with Crippen LogP contribution in [0, 0.1) is 0 Å². The molecule has 0 N–H and O–H groups in total. The second-order valence-corrected chi connectivity index (χ2v) is 9.88. The number of fused-ring (bicyclic) bond motifs is 3. The first-order chi connectivity index (χ1) is 15.2. The zero-order chi connectivity index (χ0) is 22.6. The predicted octanol–water partition coefficient (Wildman–Crippen LogP) is 6.18. The molecule has 2 aliphatic rings. The standard InChI is InChI=1S/C25H22BrNO5/c1-25(2,3)32-24(29)27-12-17(16-10-14(26)8-9-19(16)27)21-11-22-18(13-30-21)23(28)15-6-4-5-7-20(15)31-22/h4-10,12-13,21-22H,11H2,1-3H3. The largest absolute Gasteiger partial charge is 0.493 e. The number of halogens is 1. The van der Waals surface area contributed by atoms with Crippen molar-refractivity contribution in [2.24, 2.45) is 0 Å². The average Bonchev–Trinajstić information content (AvgIpc) is 3.11. The number of carbonyl (C=O) groups excluding carboxylic acids is 2. The van der Waals surface area contributed by atoms with E-state index in [1.165, 1.54) is 10.8 Å². The third kappa shape index (κ3) is 3.60. The van der Waals surface area contributed by atoms with Crippen LogP contribution in [0.25, 0.3) is 10.9 Å². The van der Waals surface area contributed by atoms with Gasteiger partial charge in [0.05, 0.1) is 22.9 Å². The molecule has 3 aromatic rings. The van der Waals surface area contributed by atoms with E-state index in [1.54, 1.807) is 18.3 Å². The number of nitrogens with zero attached hydrogens (tertiary/aromatic N) is 1. The van der Waals surface area contributed by atoms with E-state index in [1.807, 2.05) is 51.1 Å². The molecule has 0 spiro atoms. The number of benzene rings is 2. The molecule has 0 aliphatic carbocycles. The first-order valence-corrected chi connectivity index (χ1v) is 11.2. The minimum atomic E-state index is -0.619. The number of rotatable bonds is 1. The average molecular weight is 496 g/mol. The summed E-state index contributed by atoms with van der Waals surface area (Å²) in [6, 6.07) is 12.9. The summed E-state index contributed by atoms with van der Waals surface area (Å²) in [7, 11) is 0. The first-order valence-electron chi connectivity index (χ1n) is 10.4. The molecule has 0 fully saturated rings. The Labute approximate surface area is 193 Å². The maximum Gasteiger partial charge on any atom is 0.419 e. The van der Waals surface area contributed by atoms with Gasteiger partial charge in [0.1, 0.15) is 23.6 Å². The van der Waals surface area contributed by atoms with E-state index in [2.05, 4.69) is 15.9 Å². The van der Waals surface area contributed by atoms with Gasteiger partial charge in [-0.15, -0.1) is 0 Å². The monoisotopic (exact) mass is 495 g/mol. The summed E-state index contributed by atoms with van der Waals surface area (Å²) in [5, 5.41) is 0.870. The van der Waals surface area contributed by atoms with Crippen LogP contribution in [0.4, 0.5) is 4.79 Å². The van der Waals surface area contributed by atoms with Crippen LogP contribution in [-0.2, 0) is 9.47 Å². The lowest BCUT2D eigenvalue weighted by atomic mass is 9.89. The van der Waals surface area contributed by atoms with Crippen molar-refractivity contribution in [2.75, 3.05) is 0 Å². The van der Waals surface area contributed by atoms with Gasteiger partial charge in [0.2, 0.25) is 0 Å². The third-order valence-electron chi connectivity index (χ3n) is 5.53. The van der Waals surface area contributed by atoms with Crippen LogP contribution in [0.5, 0.6) is 5.75 Å². The van der Waals surface area contributed by atoms with E-state index in [0.717, 1.165) is 20.9 Å². The number of Topliss-reactive ketones (excluding diaryl/α,β-unsaturated/α-hetero) is 1. The fourth-order valence-corrected chi connectivity index (χ4v) is 4.49. The Hall–Kier alpha value is -3.06. The summed E-state index contributed by atoms with van der Waals surface area (Å²) < 4.78 is 20.1. The van der Waals surface area contributed by atoms with Crippen molar-refractivity contribution in [2.45, 2.75) is 45.0 Å². The minimum absolute atomic E-state index is 0.0748. The van der Waals surface area contributed by atoms with Gasteiger partial charge in [0.15, 0.2) is 5.78 Å². The van der Waals surface area contributed by atoms with Crippen molar-refractivity contribution in [3.8, 4) is 5.75 Å². The van der Waals surface area contributed by atoms with E-state index in [-0.39, 0.29) is 11.9 Å². The minimum Gasteiger partial charge on any atom is -0.493 e. The Morgan fingerprint density at radius 2 is 1.94 bits per heavy atom. The second kappa shape index (κ2) is 7.52. The molecule has 2 aliphatic heterocycles. The van der Waals surface area contributed by atoms with Crippen LogP contribution >= 0.6 is 15.9 Å². The number of carbonyl (C=O) groups is 2. The normalized spacial score (nSPS) is 20.0. The van der Waals surface area contributed by atoms with Crippen LogP contribution in [0.15, 0.2) is 65.0 Å². The van der Waals surface area contributed by atoms with Crippen molar-refractivity contribution in [3.05, 3.63) is 76.1 Å². The number of ether oxygens (including phenoxy) is 3. The number of hydrogen-bond acceptors (Lipinski definition) is 5. The predicted molar refractivity (Wildman–Crippen MR) is 123 cm³/mol. The lowest BCUT2D eigenvalue weighted by Gasteiger charge is -2.33. The number of hydrogen-bond donors (Lipinski definition) is 0. The fraction of sp³-hybridized carbons (Fsp3) is 0.280. The molecule has 2 aromatic carbocycles. The van der Waals surface area contributed by atoms with Gasteiger partial charge in [-0.1, -0.05) is 28.1 Å². The lowest BCUT2D eigenvalue weighted by molar-refractivity contribution is 0.0531. The quantitative estimate of drug-likeness (QED) is 0.403. The Morgan fingerprint density at radius 3 is 2.72 bits per heavy atom. The van der Waals surface area contributed by atoms with Crippen molar-refractivity contribution in [1.29, 1.82) is 0 Å². The Kier molecular flexibility index (Phi) is 4.89. The molecule has 0 radical (unpaired) electrons. The van der Waals surface area contributed by atoms with E-state index >= 15 is 0 Å². The van der Waals surface area contributed by atoms with E-state index in [9.17, 15) is 9.59 Å². The summed E-state index contributed by atoms with van der Waals surface area (Å²) in [4.78, 5) is 25.7. The zero-order valence-electron chi connectivity index (χ0n) is 17.9. The first kappa shape index (κ1) is 20.8. The fourth-order valence-electron chi connectivity index (χ4n) is 4.13. The molecule has 2 unspecified atom stereocenters. The highest BCUT2D eigenvalue weighted by Crippen LogP contribution is 2.41. The van der Waals surface area contributed by atoms with E-state index in [4.69, 9.17) is 14.2 Å². The van der Waals surface area contributed by atoms with Crippen LogP contribution in [-0.4, -0.2) is 28.1 Å². The Balaban J connectivity index is 1.53. The smallest absolute Gasteiger partial charge is 0.419 e. The van der Waals surface area contributed by atoms with Crippen LogP contribution in [0.3, 0.4) is 0 Å². The molecule has 164 valence electrons. The van der Waals surface area contributed by atoms with Crippen molar-refractivity contribution in [3.63, 3.8) is 0 Å². The van der Waals surface area contributed by atoms with Gasteiger partial charge in [-0.25, -0.2) is 4.79 Å². The molecule has 6 nitrogen and oxygen atoms in total. The van der Waals surface area contributed by atoms with Crippen molar-refractivity contribution in [1.82, 2.24) is 4.57 Å². The molecule has 3 heterocycles. The van der Waals surface area contributed by atoms with Crippen LogP contribution in [0.1, 0.15) is 49.2 Å². The topological polar surface area (TPSA) is 66.8 Å². The van der Waals surface area contributed by atoms with Crippen LogP contribution < -0.4 is 4.74 Å². The highest BCUT2D eigenvalue weighted by Gasteiger charge is 2.38. The summed E-state index contributed by atoms with van der Waals surface area (Å²) in [6.07, 6.45) is 2.46. The summed E-state index contributed by atoms with van der Waals surface area (Å²) in [5.74, 6) is 0.508. The molecule has 5 rings (SSSR count).